The van der Waals surface area contributed by atoms with Gasteiger partial charge in [-0.1, -0.05) is 6.07 Å². The Morgan fingerprint density at radius 3 is 2.71 bits per heavy atom. The Labute approximate surface area is 165 Å². The fraction of sp³-hybridized carbons (Fsp3) is 0.650. The highest BCUT2D eigenvalue weighted by Gasteiger charge is 2.32. The number of aromatic nitrogens is 1. The molecular formula is C20H29N3O5. The smallest absolute Gasteiger partial charge is 0.270 e. The quantitative estimate of drug-likeness (QED) is 0.630. The Balaban J connectivity index is 1.41. The first-order chi connectivity index (χ1) is 13.7. The number of nitrogens with zero attached hydrogens (tertiary/aromatic N) is 1. The van der Waals surface area contributed by atoms with Gasteiger partial charge in [0.15, 0.2) is 0 Å². The van der Waals surface area contributed by atoms with E-state index in [-0.39, 0.29) is 36.5 Å². The maximum Gasteiger partial charge on any atom is 0.270 e. The maximum atomic E-state index is 12.3. The SMILES string of the molecule is O=C(N[C@H]1CC[C@H](CCNC(=O)C2CCOCC2)O[C@H]1CO)c1ccccn1. The zero-order chi connectivity index (χ0) is 19.8. The normalized spacial score (nSPS) is 25.8. The summed E-state index contributed by atoms with van der Waals surface area (Å²) in [5.41, 5.74) is 0.345. The lowest BCUT2D eigenvalue weighted by molar-refractivity contribution is -0.128. The lowest BCUT2D eigenvalue weighted by Gasteiger charge is -2.36. The third-order valence-corrected chi connectivity index (χ3v) is 5.37. The molecule has 0 bridgehead atoms. The summed E-state index contributed by atoms with van der Waals surface area (Å²) in [7, 11) is 0. The summed E-state index contributed by atoms with van der Waals surface area (Å²) in [5.74, 6) is -0.148. The molecule has 3 N–H and O–H groups in total. The van der Waals surface area contributed by atoms with E-state index < -0.39 is 6.10 Å². The van der Waals surface area contributed by atoms with Gasteiger partial charge in [0.25, 0.3) is 5.91 Å². The van der Waals surface area contributed by atoms with E-state index in [2.05, 4.69) is 15.6 Å². The molecule has 3 atom stereocenters. The summed E-state index contributed by atoms with van der Waals surface area (Å²) < 4.78 is 11.2. The molecule has 3 rings (SSSR count). The predicted octanol–water partition coefficient (Wildman–Crippen LogP) is 0.653. The Bertz CT molecular complexity index is 636. The van der Waals surface area contributed by atoms with Crippen molar-refractivity contribution in [2.24, 2.45) is 5.92 Å². The Morgan fingerprint density at radius 1 is 1.18 bits per heavy atom. The second-order valence-electron chi connectivity index (χ2n) is 7.32. The average Bonchev–Trinajstić information content (AvgIpc) is 2.75. The molecule has 3 heterocycles. The van der Waals surface area contributed by atoms with Crippen molar-refractivity contribution in [2.75, 3.05) is 26.4 Å². The summed E-state index contributed by atoms with van der Waals surface area (Å²) in [4.78, 5) is 28.5. The number of pyridine rings is 1. The number of hydrogen-bond acceptors (Lipinski definition) is 6. The predicted molar refractivity (Wildman–Crippen MR) is 102 cm³/mol. The summed E-state index contributed by atoms with van der Waals surface area (Å²) in [6.07, 6.45) is 4.77. The van der Waals surface area contributed by atoms with Crippen molar-refractivity contribution in [2.45, 2.75) is 50.4 Å². The minimum Gasteiger partial charge on any atom is -0.394 e. The maximum absolute atomic E-state index is 12.3. The van der Waals surface area contributed by atoms with E-state index in [1.807, 2.05) is 0 Å². The molecule has 28 heavy (non-hydrogen) atoms. The van der Waals surface area contributed by atoms with Gasteiger partial charge in [0.2, 0.25) is 5.91 Å². The van der Waals surface area contributed by atoms with Crippen molar-refractivity contribution in [1.29, 1.82) is 0 Å². The van der Waals surface area contributed by atoms with Crippen molar-refractivity contribution in [3.05, 3.63) is 30.1 Å². The lowest BCUT2D eigenvalue weighted by Crippen LogP contribution is -2.51. The molecule has 0 saturated carbocycles. The van der Waals surface area contributed by atoms with Crippen molar-refractivity contribution < 1.29 is 24.2 Å². The first-order valence-electron chi connectivity index (χ1n) is 10.0. The number of rotatable bonds is 7. The van der Waals surface area contributed by atoms with E-state index in [1.54, 1.807) is 24.4 Å². The van der Waals surface area contributed by atoms with Gasteiger partial charge in [-0.25, -0.2) is 0 Å². The molecule has 2 amide bonds. The highest BCUT2D eigenvalue weighted by Crippen LogP contribution is 2.22. The minimum absolute atomic E-state index is 0.0393. The van der Waals surface area contributed by atoms with Gasteiger partial charge in [-0.3, -0.25) is 14.6 Å². The fourth-order valence-electron chi connectivity index (χ4n) is 3.71. The van der Waals surface area contributed by atoms with Crippen LogP contribution < -0.4 is 10.6 Å². The third-order valence-electron chi connectivity index (χ3n) is 5.37. The number of nitrogens with one attached hydrogen (secondary N) is 2. The van der Waals surface area contributed by atoms with Crippen LogP contribution in [0, 0.1) is 5.92 Å². The summed E-state index contributed by atoms with van der Waals surface area (Å²) >= 11 is 0. The van der Waals surface area contributed by atoms with Gasteiger partial charge in [0.1, 0.15) is 11.8 Å². The number of ether oxygens (including phenoxy) is 2. The largest absolute Gasteiger partial charge is 0.394 e. The van der Waals surface area contributed by atoms with E-state index >= 15 is 0 Å². The van der Waals surface area contributed by atoms with Crippen LogP contribution in [0.15, 0.2) is 24.4 Å². The number of aliphatic hydroxyl groups excluding tert-OH is 1. The molecular weight excluding hydrogens is 362 g/mol. The van der Waals surface area contributed by atoms with Crippen LogP contribution in [0.2, 0.25) is 0 Å². The van der Waals surface area contributed by atoms with Crippen LogP contribution in [0.1, 0.15) is 42.6 Å². The van der Waals surface area contributed by atoms with Crippen LogP contribution in [-0.4, -0.2) is 66.5 Å². The van der Waals surface area contributed by atoms with Crippen LogP contribution in [0.5, 0.6) is 0 Å². The zero-order valence-electron chi connectivity index (χ0n) is 16.0. The van der Waals surface area contributed by atoms with E-state index in [9.17, 15) is 14.7 Å². The van der Waals surface area contributed by atoms with E-state index in [1.165, 1.54) is 0 Å². The first kappa shape index (κ1) is 20.7. The molecule has 1 aromatic heterocycles. The van der Waals surface area contributed by atoms with Gasteiger partial charge >= 0.3 is 0 Å². The van der Waals surface area contributed by atoms with Crippen LogP contribution in [-0.2, 0) is 14.3 Å². The van der Waals surface area contributed by atoms with Gasteiger partial charge in [0.05, 0.1) is 18.8 Å². The molecule has 8 nitrogen and oxygen atoms in total. The summed E-state index contributed by atoms with van der Waals surface area (Å²) in [6, 6.07) is 4.90. The van der Waals surface area contributed by atoms with Crippen molar-refractivity contribution >= 4 is 11.8 Å². The number of carbonyl (C=O) groups excluding carboxylic acids is 2. The van der Waals surface area contributed by atoms with Crippen molar-refractivity contribution in [1.82, 2.24) is 15.6 Å². The Kier molecular flexibility index (Phi) is 7.76. The summed E-state index contributed by atoms with van der Waals surface area (Å²) in [5, 5.41) is 15.6. The number of aliphatic hydroxyl groups is 1. The highest BCUT2D eigenvalue weighted by molar-refractivity contribution is 5.92. The number of carbonyl (C=O) groups is 2. The molecule has 2 aliphatic heterocycles. The van der Waals surface area contributed by atoms with E-state index in [0.29, 0.717) is 38.3 Å². The molecule has 8 heteroatoms. The van der Waals surface area contributed by atoms with E-state index in [4.69, 9.17) is 9.47 Å². The van der Waals surface area contributed by atoms with Gasteiger partial charge < -0.3 is 25.2 Å². The molecule has 154 valence electrons. The topological polar surface area (TPSA) is 110 Å². The number of amides is 2. The standard InChI is InChI=1S/C20H29N3O5/c24-13-18-16(23-20(26)17-3-1-2-9-21-17)5-4-15(28-18)6-10-22-19(25)14-7-11-27-12-8-14/h1-3,9,14-16,18,24H,4-8,10-13H2,(H,22,25)(H,23,26)/t15-,16+,18+/m1/s1. The molecule has 0 aromatic carbocycles. The molecule has 0 unspecified atom stereocenters. The third kappa shape index (κ3) is 5.73. The first-order valence-corrected chi connectivity index (χ1v) is 10.0. The van der Waals surface area contributed by atoms with Gasteiger partial charge in [-0.2, -0.15) is 0 Å². The lowest BCUT2D eigenvalue weighted by atomic mass is 9.96. The van der Waals surface area contributed by atoms with Crippen LogP contribution in [0.3, 0.4) is 0 Å². The van der Waals surface area contributed by atoms with Crippen LogP contribution >= 0.6 is 0 Å². The zero-order valence-corrected chi connectivity index (χ0v) is 16.0. The Morgan fingerprint density at radius 2 is 2.00 bits per heavy atom. The fourth-order valence-corrected chi connectivity index (χ4v) is 3.71. The van der Waals surface area contributed by atoms with Gasteiger partial charge in [-0.15, -0.1) is 0 Å². The molecule has 1 aromatic rings. The van der Waals surface area contributed by atoms with Crippen molar-refractivity contribution in [3.8, 4) is 0 Å². The molecule has 2 saturated heterocycles. The monoisotopic (exact) mass is 391 g/mol. The van der Waals surface area contributed by atoms with Crippen LogP contribution in [0.4, 0.5) is 0 Å². The molecule has 0 spiro atoms. The average molecular weight is 391 g/mol. The highest BCUT2D eigenvalue weighted by atomic mass is 16.5. The van der Waals surface area contributed by atoms with Gasteiger partial charge in [-0.05, 0) is 44.2 Å². The second-order valence-corrected chi connectivity index (χ2v) is 7.32. The minimum atomic E-state index is -0.461. The second kappa shape index (κ2) is 10.5. The van der Waals surface area contributed by atoms with Crippen LogP contribution in [0.25, 0.3) is 0 Å². The number of hydrogen-bond donors (Lipinski definition) is 3. The molecule has 2 aliphatic rings. The van der Waals surface area contributed by atoms with Gasteiger partial charge in [0, 0.05) is 31.9 Å². The summed E-state index contributed by atoms with van der Waals surface area (Å²) in [6.45, 7) is 1.67. The van der Waals surface area contributed by atoms with E-state index in [0.717, 1.165) is 19.3 Å². The molecule has 0 radical (unpaired) electrons. The molecule has 2 fully saturated rings. The molecule has 0 aliphatic carbocycles. The Hall–Kier alpha value is -2.03. The van der Waals surface area contributed by atoms with Crippen molar-refractivity contribution in [3.63, 3.8) is 0 Å².